The van der Waals surface area contributed by atoms with Crippen LogP contribution in [0, 0.1) is 6.92 Å². The van der Waals surface area contributed by atoms with Crippen molar-refractivity contribution in [1.29, 1.82) is 0 Å². The van der Waals surface area contributed by atoms with E-state index in [1.807, 2.05) is 12.1 Å². The molecule has 3 rings (SSSR count). The van der Waals surface area contributed by atoms with E-state index >= 15 is 0 Å². The number of halogens is 3. The van der Waals surface area contributed by atoms with E-state index in [4.69, 9.17) is 4.42 Å². The van der Waals surface area contributed by atoms with E-state index in [-0.39, 0.29) is 18.0 Å². The summed E-state index contributed by atoms with van der Waals surface area (Å²) in [5.74, 6) is -1.12. The van der Waals surface area contributed by atoms with Crippen molar-refractivity contribution in [1.82, 2.24) is 4.90 Å². The standard InChI is InChI=1S/C21H19F3N2O3/c1-3-26(20(28)19-13(2)14-8-4-7-11-17(14)29-19)12-18(27)25-16-10-6-5-9-15(16)21(22,23)24/h4-11H,3,12H2,1-2H3,(H,25,27). The van der Waals surface area contributed by atoms with Crippen LogP contribution in [0.2, 0.25) is 0 Å². The van der Waals surface area contributed by atoms with Crippen LogP contribution in [0.3, 0.4) is 0 Å². The summed E-state index contributed by atoms with van der Waals surface area (Å²) in [6.07, 6.45) is -4.60. The van der Waals surface area contributed by atoms with Crippen molar-refractivity contribution < 1.29 is 27.2 Å². The Morgan fingerprint density at radius 2 is 1.72 bits per heavy atom. The molecule has 0 aliphatic heterocycles. The van der Waals surface area contributed by atoms with E-state index in [1.54, 1.807) is 26.0 Å². The fourth-order valence-electron chi connectivity index (χ4n) is 3.05. The number of hydrogen-bond acceptors (Lipinski definition) is 3. The molecule has 1 aromatic heterocycles. The highest BCUT2D eigenvalue weighted by Gasteiger charge is 2.33. The van der Waals surface area contributed by atoms with Gasteiger partial charge in [0.2, 0.25) is 5.91 Å². The molecule has 0 atom stereocenters. The highest BCUT2D eigenvalue weighted by atomic mass is 19.4. The summed E-state index contributed by atoms with van der Waals surface area (Å²) in [6.45, 7) is 3.20. The number of hydrogen-bond donors (Lipinski definition) is 1. The molecule has 1 heterocycles. The Kier molecular flexibility index (Phi) is 5.63. The fourth-order valence-corrected chi connectivity index (χ4v) is 3.05. The summed E-state index contributed by atoms with van der Waals surface area (Å²) in [5, 5.41) is 3.03. The van der Waals surface area contributed by atoms with E-state index in [0.29, 0.717) is 11.1 Å². The Morgan fingerprint density at radius 3 is 2.38 bits per heavy atom. The first kappa shape index (κ1) is 20.4. The molecule has 3 aromatic rings. The van der Waals surface area contributed by atoms with Crippen LogP contribution in [0.1, 0.15) is 28.6 Å². The van der Waals surface area contributed by atoms with Crippen LogP contribution in [-0.4, -0.2) is 29.8 Å². The fraction of sp³-hybridized carbons (Fsp3) is 0.238. The van der Waals surface area contributed by atoms with E-state index in [0.717, 1.165) is 11.5 Å². The molecule has 0 saturated carbocycles. The Balaban J connectivity index is 1.78. The number of fused-ring (bicyclic) bond motifs is 1. The number of nitrogens with zero attached hydrogens (tertiary/aromatic N) is 1. The molecule has 0 spiro atoms. The third kappa shape index (κ3) is 4.26. The molecule has 2 amide bonds. The molecule has 0 bridgehead atoms. The first-order valence-corrected chi connectivity index (χ1v) is 8.95. The predicted octanol–water partition coefficient (Wildman–Crippen LogP) is 4.86. The number of carbonyl (C=O) groups is 2. The van der Waals surface area contributed by atoms with Crippen molar-refractivity contribution in [3.8, 4) is 0 Å². The maximum Gasteiger partial charge on any atom is 0.418 e. The molecule has 0 fully saturated rings. The van der Waals surface area contributed by atoms with Gasteiger partial charge in [-0.1, -0.05) is 30.3 Å². The smallest absolute Gasteiger partial charge is 0.418 e. The molecule has 2 aromatic carbocycles. The van der Waals surface area contributed by atoms with Gasteiger partial charge in [-0.2, -0.15) is 13.2 Å². The van der Waals surface area contributed by atoms with Crippen molar-refractivity contribution >= 4 is 28.5 Å². The average molecular weight is 404 g/mol. The van der Waals surface area contributed by atoms with Gasteiger partial charge in [-0.3, -0.25) is 9.59 Å². The van der Waals surface area contributed by atoms with Gasteiger partial charge in [0, 0.05) is 17.5 Å². The molecule has 152 valence electrons. The third-order valence-electron chi connectivity index (χ3n) is 4.55. The van der Waals surface area contributed by atoms with Gasteiger partial charge in [0.05, 0.1) is 11.3 Å². The van der Waals surface area contributed by atoms with Crippen LogP contribution < -0.4 is 5.32 Å². The van der Waals surface area contributed by atoms with E-state index in [9.17, 15) is 22.8 Å². The van der Waals surface area contributed by atoms with Gasteiger partial charge in [-0.25, -0.2) is 0 Å². The zero-order chi connectivity index (χ0) is 21.2. The van der Waals surface area contributed by atoms with Gasteiger partial charge >= 0.3 is 6.18 Å². The molecule has 5 nitrogen and oxygen atoms in total. The van der Waals surface area contributed by atoms with Gasteiger partial charge < -0.3 is 14.6 Å². The summed E-state index contributed by atoms with van der Waals surface area (Å²) in [4.78, 5) is 26.4. The molecule has 1 N–H and O–H groups in total. The number of nitrogens with one attached hydrogen (secondary N) is 1. The number of rotatable bonds is 5. The van der Waals surface area contributed by atoms with Gasteiger partial charge in [-0.05, 0) is 32.0 Å². The van der Waals surface area contributed by atoms with Gasteiger partial charge in [0.15, 0.2) is 5.76 Å². The number of carbonyl (C=O) groups excluding carboxylic acids is 2. The monoisotopic (exact) mass is 404 g/mol. The normalized spacial score (nSPS) is 11.5. The minimum atomic E-state index is -4.60. The van der Waals surface area contributed by atoms with Crippen molar-refractivity contribution in [2.75, 3.05) is 18.4 Å². The van der Waals surface area contributed by atoms with Crippen LogP contribution in [-0.2, 0) is 11.0 Å². The Morgan fingerprint density at radius 1 is 1.07 bits per heavy atom. The van der Waals surface area contributed by atoms with Gasteiger partial charge in [0.25, 0.3) is 5.91 Å². The number of amides is 2. The minimum Gasteiger partial charge on any atom is -0.451 e. The van der Waals surface area contributed by atoms with Crippen molar-refractivity contribution in [3.63, 3.8) is 0 Å². The number of furan rings is 1. The van der Waals surface area contributed by atoms with Crippen LogP contribution in [0.25, 0.3) is 11.0 Å². The molecule has 0 aliphatic rings. The first-order chi connectivity index (χ1) is 13.7. The number of likely N-dealkylation sites (N-methyl/N-ethyl adjacent to an activating group) is 1. The summed E-state index contributed by atoms with van der Waals surface area (Å²) in [7, 11) is 0. The highest BCUT2D eigenvalue weighted by Crippen LogP contribution is 2.34. The second-order valence-electron chi connectivity index (χ2n) is 6.46. The second kappa shape index (κ2) is 7.98. The lowest BCUT2D eigenvalue weighted by molar-refractivity contribution is -0.137. The molecular weight excluding hydrogens is 385 g/mol. The number of alkyl halides is 3. The summed E-state index contributed by atoms with van der Waals surface area (Å²) in [6, 6.07) is 11.8. The van der Waals surface area contributed by atoms with Gasteiger partial charge in [0.1, 0.15) is 12.1 Å². The Labute approximate surface area is 165 Å². The highest BCUT2D eigenvalue weighted by molar-refractivity contribution is 6.02. The number of para-hydroxylation sites is 2. The zero-order valence-electron chi connectivity index (χ0n) is 15.8. The molecule has 29 heavy (non-hydrogen) atoms. The minimum absolute atomic E-state index is 0.108. The second-order valence-corrected chi connectivity index (χ2v) is 6.46. The lowest BCUT2D eigenvalue weighted by atomic mass is 10.1. The molecule has 0 aliphatic carbocycles. The molecule has 0 unspecified atom stereocenters. The van der Waals surface area contributed by atoms with Crippen LogP contribution in [0.4, 0.5) is 18.9 Å². The van der Waals surface area contributed by atoms with Crippen LogP contribution in [0.15, 0.2) is 52.9 Å². The average Bonchev–Trinajstić information content (AvgIpc) is 3.02. The largest absolute Gasteiger partial charge is 0.451 e. The maximum atomic E-state index is 13.1. The third-order valence-corrected chi connectivity index (χ3v) is 4.55. The lowest BCUT2D eigenvalue weighted by Crippen LogP contribution is -2.38. The first-order valence-electron chi connectivity index (χ1n) is 8.95. The number of anilines is 1. The number of aryl methyl sites for hydroxylation is 1. The van der Waals surface area contributed by atoms with Gasteiger partial charge in [-0.15, -0.1) is 0 Å². The molecule has 0 saturated heterocycles. The van der Waals surface area contributed by atoms with E-state index in [1.165, 1.54) is 23.1 Å². The Hall–Kier alpha value is -3.29. The maximum absolute atomic E-state index is 13.1. The summed E-state index contributed by atoms with van der Waals surface area (Å²) < 4.78 is 44.9. The van der Waals surface area contributed by atoms with Crippen LogP contribution >= 0.6 is 0 Å². The van der Waals surface area contributed by atoms with Crippen molar-refractivity contribution in [2.45, 2.75) is 20.0 Å². The summed E-state index contributed by atoms with van der Waals surface area (Å²) in [5.41, 5.74) is -0.107. The molecular formula is C21H19F3N2O3. The summed E-state index contributed by atoms with van der Waals surface area (Å²) >= 11 is 0. The van der Waals surface area contributed by atoms with Crippen molar-refractivity contribution in [2.24, 2.45) is 0 Å². The van der Waals surface area contributed by atoms with Crippen LogP contribution in [0.5, 0.6) is 0 Å². The Bertz CT molecular complexity index is 1060. The SMILES string of the molecule is CCN(CC(=O)Nc1ccccc1C(F)(F)F)C(=O)c1oc2ccccc2c1C. The van der Waals surface area contributed by atoms with Crippen molar-refractivity contribution in [3.05, 3.63) is 65.4 Å². The predicted molar refractivity (Wildman–Crippen MR) is 103 cm³/mol. The topological polar surface area (TPSA) is 62.6 Å². The number of benzene rings is 2. The zero-order valence-corrected chi connectivity index (χ0v) is 15.8. The van der Waals surface area contributed by atoms with E-state index in [2.05, 4.69) is 5.32 Å². The molecule has 8 heteroatoms. The lowest BCUT2D eigenvalue weighted by Gasteiger charge is -2.20. The molecule has 0 radical (unpaired) electrons. The van der Waals surface area contributed by atoms with E-state index < -0.39 is 30.1 Å². The quantitative estimate of drug-likeness (QED) is 0.661.